The molecule has 2 aromatic rings. The Bertz CT molecular complexity index is 804. The molecule has 1 amide bonds. The number of carbonyl (C=O) groups is 2. The summed E-state index contributed by atoms with van der Waals surface area (Å²) in [6, 6.07) is 10.2. The highest BCUT2D eigenvalue weighted by Gasteiger charge is 2.17. The summed E-state index contributed by atoms with van der Waals surface area (Å²) in [6.07, 6.45) is -0.736. The van der Waals surface area contributed by atoms with E-state index in [-0.39, 0.29) is 5.91 Å². The summed E-state index contributed by atoms with van der Waals surface area (Å²) in [4.78, 5) is 24.0. The number of carbonyl (C=O) groups excluding carboxylic acids is 2. The molecule has 2 aromatic carbocycles. The molecule has 2 rings (SSSR count). The number of aryl methyl sites for hydroxylation is 2. The zero-order valence-corrected chi connectivity index (χ0v) is 15.3. The number of nitrogens with one attached hydrogen (secondary N) is 1. The van der Waals surface area contributed by atoms with Gasteiger partial charge in [0.1, 0.15) is 5.75 Å². The highest BCUT2D eigenvalue weighted by atomic mass is 35.5. The van der Waals surface area contributed by atoms with Crippen LogP contribution in [0.15, 0.2) is 36.4 Å². The van der Waals surface area contributed by atoms with Gasteiger partial charge in [0.25, 0.3) is 5.91 Å². The summed E-state index contributed by atoms with van der Waals surface area (Å²) in [5.41, 5.74) is 2.85. The number of anilines is 1. The number of benzene rings is 2. The monoisotopic (exact) mass is 361 g/mol. The number of amides is 1. The molecule has 0 radical (unpaired) electrons. The van der Waals surface area contributed by atoms with Gasteiger partial charge in [-0.2, -0.15) is 0 Å². The third kappa shape index (κ3) is 4.73. The van der Waals surface area contributed by atoms with Crippen LogP contribution in [0, 0.1) is 13.8 Å². The van der Waals surface area contributed by atoms with E-state index in [2.05, 4.69) is 10.1 Å². The Morgan fingerprint density at radius 3 is 2.44 bits per heavy atom. The fourth-order valence-electron chi connectivity index (χ4n) is 2.15. The van der Waals surface area contributed by atoms with Gasteiger partial charge in [-0.3, -0.25) is 4.79 Å². The molecule has 0 aliphatic rings. The molecule has 0 spiro atoms. The van der Waals surface area contributed by atoms with E-state index in [1.54, 1.807) is 6.92 Å². The van der Waals surface area contributed by atoms with Crippen LogP contribution in [0.4, 0.5) is 5.69 Å². The molecular weight excluding hydrogens is 342 g/mol. The summed E-state index contributed by atoms with van der Waals surface area (Å²) < 4.78 is 10.3. The summed E-state index contributed by atoms with van der Waals surface area (Å²) >= 11 is 6.08. The third-order valence-corrected chi connectivity index (χ3v) is 4.14. The van der Waals surface area contributed by atoms with Crippen molar-refractivity contribution in [3.63, 3.8) is 0 Å². The maximum atomic E-state index is 12.4. The minimum absolute atomic E-state index is 0.296. The second kappa shape index (κ2) is 8.03. The molecule has 0 saturated heterocycles. The molecule has 5 nitrogen and oxygen atoms in total. The van der Waals surface area contributed by atoms with Crippen LogP contribution in [0.25, 0.3) is 0 Å². The van der Waals surface area contributed by atoms with Crippen LogP contribution >= 0.6 is 11.6 Å². The maximum Gasteiger partial charge on any atom is 0.337 e. The van der Waals surface area contributed by atoms with Crippen molar-refractivity contribution in [3.8, 4) is 5.75 Å². The highest BCUT2D eigenvalue weighted by Crippen LogP contribution is 2.24. The minimum Gasteiger partial charge on any atom is -0.481 e. The molecule has 25 heavy (non-hydrogen) atoms. The summed E-state index contributed by atoms with van der Waals surface area (Å²) in [6.45, 7) is 5.62. The van der Waals surface area contributed by atoms with Crippen molar-refractivity contribution < 1.29 is 19.1 Å². The van der Waals surface area contributed by atoms with E-state index in [0.717, 1.165) is 11.1 Å². The Labute approximate surface area is 151 Å². The van der Waals surface area contributed by atoms with E-state index < -0.39 is 12.1 Å². The first-order valence-electron chi connectivity index (χ1n) is 7.74. The predicted molar refractivity (Wildman–Crippen MR) is 97.4 cm³/mol. The SMILES string of the molecule is COC(=O)c1ccc(Cl)c(NC(=O)[C@@H](C)Oc2ccc(C)c(C)c2)c1. The molecule has 0 aromatic heterocycles. The van der Waals surface area contributed by atoms with Crippen molar-refractivity contribution in [2.24, 2.45) is 0 Å². The van der Waals surface area contributed by atoms with Gasteiger partial charge in [-0.1, -0.05) is 17.7 Å². The van der Waals surface area contributed by atoms with Crippen LogP contribution in [0.3, 0.4) is 0 Å². The zero-order valence-electron chi connectivity index (χ0n) is 14.6. The Balaban J connectivity index is 2.10. The van der Waals surface area contributed by atoms with Crippen LogP contribution in [-0.4, -0.2) is 25.1 Å². The smallest absolute Gasteiger partial charge is 0.337 e. The molecule has 0 unspecified atom stereocenters. The third-order valence-electron chi connectivity index (χ3n) is 3.81. The van der Waals surface area contributed by atoms with Crippen LogP contribution in [-0.2, 0) is 9.53 Å². The summed E-state index contributed by atoms with van der Waals surface area (Å²) in [5, 5.41) is 2.99. The lowest BCUT2D eigenvalue weighted by Crippen LogP contribution is -2.30. The average molecular weight is 362 g/mol. The zero-order chi connectivity index (χ0) is 18.6. The van der Waals surface area contributed by atoms with Gasteiger partial charge in [0.2, 0.25) is 0 Å². The largest absolute Gasteiger partial charge is 0.481 e. The first-order chi connectivity index (χ1) is 11.8. The lowest BCUT2D eigenvalue weighted by atomic mass is 10.1. The van der Waals surface area contributed by atoms with E-state index in [9.17, 15) is 9.59 Å². The molecule has 0 aliphatic heterocycles. The molecule has 1 N–H and O–H groups in total. The van der Waals surface area contributed by atoms with E-state index in [0.29, 0.717) is 22.0 Å². The quantitative estimate of drug-likeness (QED) is 0.812. The fourth-order valence-corrected chi connectivity index (χ4v) is 2.31. The van der Waals surface area contributed by atoms with Crippen molar-refractivity contribution in [2.75, 3.05) is 12.4 Å². The highest BCUT2D eigenvalue weighted by molar-refractivity contribution is 6.33. The summed E-state index contributed by atoms with van der Waals surface area (Å²) in [5.74, 6) is -0.270. The second-order valence-corrected chi connectivity index (χ2v) is 6.09. The van der Waals surface area contributed by atoms with Crippen LogP contribution in [0.5, 0.6) is 5.75 Å². The number of hydrogen-bond donors (Lipinski definition) is 1. The summed E-state index contributed by atoms with van der Waals surface area (Å²) in [7, 11) is 1.29. The van der Waals surface area contributed by atoms with Crippen molar-refractivity contribution in [1.82, 2.24) is 0 Å². The first-order valence-corrected chi connectivity index (χ1v) is 8.12. The van der Waals surface area contributed by atoms with Gasteiger partial charge in [0.15, 0.2) is 6.10 Å². The number of ether oxygens (including phenoxy) is 2. The normalized spacial score (nSPS) is 11.6. The predicted octanol–water partition coefficient (Wildman–Crippen LogP) is 4.15. The Kier molecular flexibility index (Phi) is 6.04. The Morgan fingerprint density at radius 2 is 1.80 bits per heavy atom. The molecule has 6 heteroatoms. The topological polar surface area (TPSA) is 64.6 Å². The molecule has 0 fully saturated rings. The van der Waals surface area contributed by atoms with Gasteiger partial charge in [-0.25, -0.2) is 4.79 Å². The van der Waals surface area contributed by atoms with Crippen molar-refractivity contribution in [3.05, 3.63) is 58.1 Å². The maximum absolute atomic E-state index is 12.4. The lowest BCUT2D eigenvalue weighted by molar-refractivity contribution is -0.122. The lowest BCUT2D eigenvalue weighted by Gasteiger charge is -2.16. The molecule has 0 saturated carbocycles. The van der Waals surface area contributed by atoms with E-state index >= 15 is 0 Å². The molecule has 1 atom stereocenters. The van der Waals surface area contributed by atoms with Gasteiger partial charge < -0.3 is 14.8 Å². The minimum atomic E-state index is -0.736. The second-order valence-electron chi connectivity index (χ2n) is 5.68. The Morgan fingerprint density at radius 1 is 1.08 bits per heavy atom. The Hall–Kier alpha value is -2.53. The molecule has 0 bridgehead atoms. The first kappa shape index (κ1) is 18.8. The van der Waals surface area contributed by atoms with Gasteiger partial charge in [0.05, 0.1) is 23.4 Å². The molecule has 0 heterocycles. The number of methoxy groups -OCH3 is 1. The van der Waals surface area contributed by atoms with Crippen LogP contribution < -0.4 is 10.1 Å². The van der Waals surface area contributed by atoms with Crippen LogP contribution in [0.2, 0.25) is 5.02 Å². The van der Waals surface area contributed by atoms with E-state index in [1.165, 1.54) is 25.3 Å². The van der Waals surface area contributed by atoms with E-state index in [1.807, 2.05) is 32.0 Å². The number of rotatable bonds is 5. The molecule has 132 valence electrons. The van der Waals surface area contributed by atoms with Gasteiger partial charge >= 0.3 is 5.97 Å². The van der Waals surface area contributed by atoms with Crippen LogP contribution in [0.1, 0.15) is 28.4 Å². The van der Waals surface area contributed by atoms with Gasteiger partial charge in [-0.05, 0) is 62.2 Å². The standard InChI is InChI=1S/C19H20ClNO4/c1-11-5-7-15(9-12(11)2)25-13(3)18(22)21-17-10-14(19(23)24-4)6-8-16(17)20/h5-10,13H,1-4H3,(H,21,22)/t13-/m1/s1. The number of hydrogen-bond acceptors (Lipinski definition) is 4. The number of halogens is 1. The van der Waals surface area contributed by atoms with Gasteiger partial charge in [-0.15, -0.1) is 0 Å². The average Bonchev–Trinajstić information content (AvgIpc) is 2.59. The number of esters is 1. The fraction of sp³-hybridized carbons (Fsp3) is 0.263. The van der Waals surface area contributed by atoms with Crippen molar-refractivity contribution in [2.45, 2.75) is 26.9 Å². The molecular formula is C19H20ClNO4. The van der Waals surface area contributed by atoms with E-state index in [4.69, 9.17) is 16.3 Å². The van der Waals surface area contributed by atoms with Crippen molar-refractivity contribution >= 4 is 29.2 Å². The van der Waals surface area contributed by atoms with Gasteiger partial charge in [0, 0.05) is 0 Å². The van der Waals surface area contributed by atoms with Crippen molar-refractivity contribution in [1.29, 1.82) is 0 Å². The molecule has 0 aliphatic carbocycles.